The molecule has 3 aliphatic carbocycles. The van der Waals surface area contributed by atoms with Crippen LogP contribution in [0.4, 0.5) is 28.4 Å². The second-order valence-corrected chi connectivity index (χ2v) is 23.5. The molecule has 15 rings (SSSR count). The van der Waals surface area contributed by atoms with Gasteiger partial charge in [-0.25, -0.2) is 0 Å². The number of nitrogens with zero attached hydrogens (tertiary/aromatic N) is 2. The van der Waals surface area contributed by atoms with E-state index in [1.165, 1.54) is 110 Å². The van der Waals surface area contributed by atoms with Crippen molar-refractivity contribution >= 4 is 51.4 Å². The van der Waals surface area contributed by atoms with Crippen molar-refractivity contribution < 1.29 is 0 Å². The van der Waals surface area contributed by atoms with Crippen LogP contribution in [0.25, 0.3) is 89.7 Å². The van der Waals surface area contributed by atoms with Crippen molar-refractivity contribution in [1.29, 1.82) is 0 Å². The predicted molar refractivity (Wildman–Crippen MR) is 347 cm³/mol. The first-order chi connectivity index (χ1) is 40.2. The third-order valence-electron chi connectivity index (χ3n) is 18.2. The Hall–Kier alpha value is -9.76. The van der Waals surface area contributed by atoms with Gasteiger partial charge in [0.05, 0.1) is 6.04 Å². The molecule has 2 nitrogen and oxygen atoms in total. The summed E-state index contributed by atoms with van der Waals surface area (Å²) in [7, 11) is 0. The minimum atomic E-state index is -0.0652. The lowest BCUT2D eigenvalue weighted by Crippen LogP contribution is -2.40. The first-order valence-corrected chi connectivity index (χ1v) is 29.0. The van der Waals surface area contributed by atoms with Gasteiger partial charge in [0.2, 0.25) is 0 Å². The fourth-order valence-electron chi connectivity index (χ4n) is 14.1. The molecule has 0 fully saturated rings. The van der Waals surface area contributed by atoms with Gasteiger partial charge in [0.15, 0.2) is 0 Å². The Morgan fingerprint density at radius 2 is 0.707 bits per heavy atom. The highest BCUT2D eigenvalue weighted by atomic mass is 15.2. The fraction of sp³-hybridized carbons (Fsp3) is 0.100. The van der Waals surface area contributed by atoms with Crippen LogP contribution in [0.5, 0.6) is 0 Å². The first kappa shape index (κ1) is 49.3. The predicted octanol–water partition coefficient (Wildman–Crippen LogP) is 19.8. The van der Waals surface area contributed by atoms with Gasteiger partial charge in [-0.3, -0.25) is 0 Å². The molecule has 1 unspecified atom stereocenters. The van der Waals surface area contributed by atoms with Crippen molar-refractivity contribution in [2.45, 2.75) is 51.0 Å². The first-order valence-electron chi connectivity index (χ1n) is 29.0. The molecule has 0 amide bonds. The van der Waals surface area contributed by atoms with E-state index in [1.807, 2.05) is 0 Å². The van der Waals surface area contributed by atoms with Gasteiger partial charge in [-0.05, 0) is 189 Å². The van der Waals surface area contributed by atoms with Crippen molar-refractivity contribution in [2.24, 2.45) is 0 Å². The lowest BCUT2D eigenvalue weighted by Gasteiger charge is -2.34. The Morgan fingerprint density at radius 3 is 1.24 bits per heavy atom. The van der Waals surface area contributed by atoms with Gasteiger partial charge in [0, 0.05) is 39.3 Å². The summed E-state index contributed by atoms with van der Waals surface area (Å²) in [6, 6.07) is 101. The summed E-state index contributed by atoms with van der Waals surface area (Å²) in [5, 5.41) is 4.97. The zero-order valence-corrected chi connectivity index (χ0v) is 46.8. The Labute approximate surface area is 481 Å². The third-order valence-corrected chi connectivity index (χ3v) is 18.2. The average Bonchev–Trinajstić information content (AvgIpc) is 4.10. The number of benzene rings is 12. The quantitative estimate of drug-likeness (QED) is 0.135. The van der Waals surface area contributed by atoms with E-state index < -0.39 is 0 Å². The van der Waals surface area contributed by atoms with Gasteiger partial charge in [0.1, 0.15) is 0 Å². The van der Waals surface area contributed by atoms with E-state index >= 15 is 0 Å². The van der Waals surface area contributed by atoms with E-state index in [9.17, 15) is 0 Å². The Bertz CT molecular complexity index is 4560. The van der Waals surface area contributed by atoms with Crippen molar-refractivity contribution in [1.82, 2.24) is 0 Å². The summed E-state index contributed by atoms with van der Waals surface area (Å²) in [5.74, 6) is 0. The molecular weight excluding hydrogens is 989 g/mol. The maximum absolute atomic E-state index is 2.57. The molecule has 0 bridgehead atoms. The van der Waals surface area contributed by atoms with Crippen LogP contribution in [0, 0.1) is 0 Å². The van der Waals surface area contributed by atoms with Crippen LogP contribution in [0.1, 0.15) is 56.4 Å². The monoisotopic (exact) mass is 1050 g/mol. The van der Waals surface area contributed by atoms with Crippen LogP contribution in [-0.2, 0) is 10.8 Å². The van der Waals surface area contributed by atoms with E-state index in [0.29, 0.717) is 0 Å². The SMILES string of the molecule is CC1(C)c2ccccc2-c2ccc(-c3ccc(N(c4ccccc4)c4ccc5c(-c6ccccc6)c6c(c(-c7ccccc7)c5c4)=CCC(N(c4ccccc4)c4ccc(-c5ccc7c(c5)C(C)(C)c5ccccc5-7)cc4)C=6)cc3)cc21. The van der Waals surface area contributed by atoms with Crippen LogP contribution >= 0.6 is 0 Å². The number of hydrogen-bond donors (Lipinski definition) is 0. The van der Waals surface area contributed by atoms with Crippen molar-refractivity contribution in [2.75, 3.05) is 9.80 Å². The molecule has 82 heavy (non-hydrogen) atoms. The lowest BCUT2D eigenvalue weighted by atomic mass is 9.81. The molecule has 1 atom stereocenters. The van der Waals surface area contributed by atoms with Gasteiger partial charge in [0.25, 0.3) is 0 Å². The number of anilines is 5. The third kappa shape index (κ3) is 8.07. The summed E-state index contributed by atoms with van der Waals surface area (Å²) in [4.78, 5) is 4.96. The number of para-hydroxylation sites is 2. The maximum Gasteiger partial charge on any atom is 0.0566 e. The van der Waals surface area contributed by atoms with E-state index in [1.54, 1.807) is 0 Å². The lowest BCUT2D eigenvalue weighted by molar-refractivity contribution is 0.660. The molecule has 0 spiro atoms. The van der Waals surface area contributed by atoms with E-state index in [2.05, 4.69) is 323 Å². The molecule has 0 aromatic heterocycles. The van der Waals surface area contributed by atoms with Crippen molar-refractivity contribution in [3.8, 4) is 66.8 Å². The molecule has 2 heteroatoms. The summed E-state index contributed by atoms with van der Waals surface area (Å²) in [6.07, 6.45) is 5.92. The van der Waals surface area contributed by atoms with Crippen LogP contribution in [0.2, 0.25) is 0 Å². The molecule has 0 saturated heterocycles. The fourth-order valence-corrected chi connectivity index (χ4v) is 14.1. The summed E-state index contributed by atoms with van der Waals surface area (Å²) < 4.78 is 0. The molecule has 12 aromatic carbocycles. The smallest absolute Gasteiger partial charge is 0.0566 e. The highest BCUT2D eigenvalue weighted by Crippen LogP contribution is 2.51. The van der Waals surface area contributed by atoms with Gasteiger partial charge < -0.3 is 9.80 Å². The van der Waals surface area contributed by atoms with Crippen molar-refractivity contribution in [3.05, 3.63) is 306 Å². The van der Waals surface area contributed by atoms with Crippen LogP contribution in [-0.4, -0.2) is 6.04 Å². The van der Waals surface area contributed by atoms with Gasteiger partial charge in [-0.2, -0.15) is 0 Å². The Kier molecular flexibility index (Phi) is 11.7. The minimum absolute atomic E-state index is 0.0268. The second kappa shape index (κ2) is 19.5. The molecule has 0 radical (unpaired) electrons. The molecule has 0 saturated carbocycles. The minimum Gasteiger partial charge on any atom is -0.334 e. The summed E-state index contributed by atoms with van der Waals surface area (Å²) >= 11 is 0. The molecule has 0 heterocycles. The Morgan fingerprint density at radius 1 is 0.305 bits per heavy atom. The largest absolute Gasteiger partial charge is 0.334 e. The van der Waals surface area contributed by atoms with Crippen LogP contribution in [0.3, 0.4) is 0 Å². The normalized spacial score (nSPS) is 14.8. The summed E-state index contributed by atoms with van der Waals surface area (Å²) in [5.41, 5.74) is 26.3. The van der Waals surface area contributed by atoms with Crippen molar-refractivity contribution in [3.63, 3.8) is 0 Å². The molecule has 0 aliphatic heterocycles. The summed E-state index contributed by atoms with van der Waals surface area (Å²) in [6.45, 7) is 9.44. The highest BCUT2D eigenvalue weighted by molar-refractivity contribution is 6.08. The second-order valence-electron chi connectivity index (χ2n) is 23.5. The highest BCUT2D eigenvalue weighted by Gasteiger charge is 2.37. The van der Waals surface area contributed by atoms with Gasteiger partial charge in [-0.15, -0.1) is 0 Å². The van der Waals surface area contributed by atoms with Crippen LogP contribution in [0.15, 0.2) is 273 Å². The molecule has 12 aromatic rings. The molecule has 0 N–H and O–H groups in total. The standard InChI is InChI=1S/C80H62N2/c1-79(2)73-31-19-17-29-65(73)67-45-37-57(49-75(67)79)53-33-39-61(40-34-53)81(59-25-13-7-14-26-59)63-43-47-69-71(51-63)77(55-21-9-5-10-22-55)70-48-44-64(52-72(70)78(69)56-23-11-6-12-24-56)82(60-27-15-8-16-28-60)62-41-35-54(36-42-62)58-38-46-68-66-30-18-20-32-74(66)80(3,4)76(68)50-58/h5-43,45-52,64H,44H2,1-4H3. The Balaban J connectivity index is 0.857. The van der Waals surface area contributed by atoms with E-state index in [4.69, 9.17) is 0 Å². The zero-order chi connectivity index (χ0) is 55.1. The zero-order valence-electron chi connectivity index (χ0n) is 46.8. The number of rotatable bonds is 10. The molecule has 392 valence electrons. The van der Waals surface area contributed by atoms with Gasteiger partial charge in [-0.1, -0.05) is 240 Å². The van der Waals surface area contributed by atoms with Crippen LogP contribution < -0.4 is 20.2 Å². The number of hydrogen-bond acceptors (Lipinski definition) is 2. The van der Waals surface area contributed by atoms with E-state index in [0.717, 1.165) is 34.9 Å². The number of fused-ring (bicyclic) bond motifs is 8. The average molecular weight is 1050 g/mol. The molecule has 3 aliphatic rings. The van der Waals surface area contributed by atoms with Gasteiger partial charge >= 0.3 is 0 Å². The van der Waals surface area contributed by atoms with E-state index in [-0.39, 0.29) is 16.9 Å². The maximum atomic E-state index is 2.57. The topological polar surface area (TPSA) is 6.48 Å². The molecular formula is C80H62N2.